The van der Waals surface area contributed by atoms with Gasteiger partial charge < -0.3 is 19.8 Å². The summed E-state index contributed by atoms with van der Waals surface area (Å²) in [5.41, 5.74) is 5.88. The van der Waals surface area contributed by atoms with Crippen molar-refractivity contribution in [2.24, 2.45) is 5.92 Å². The molecule has 3 aromatic carbocycles. The van der Waals surface area contributed by atoms with Crippen molar-refractivity contribution >= 4 is 22.8 Å². The number of methoxy groups -OCH3 is 1. The highest BCUT2D eigenvalue weighted by Gasteiger charge is 2.57. The van der Waals surface area contributed by atoms with E-state index in [0.29, 0.717) is 39.2 Å². The van der Waals surface area contributed by atoms with Crippen LogP contribution in [0.3, 0.4) is 0 Å². The summed E-state index contributed by atoms with van der Waals surface area (Å²) in [5.74, 6) is 0.899. The molecule has 7 heteroatoms. The predicted octanol–water partition coefficient (Wildman–Crippen LogP) is 6.82. The Labute approximate surface area is 232 Å². The number of rotatable bonds is 8. The highest BCUT2D eigenvalue weighted by molar-refractivity contribution is 6.12. The molecule has 0 spiro atoms. The summed E-state index contributed by atoms with van der Waals surface area (Å²) in [7, 11) is 3.16. The fourth-order valence-electron chi connectivity index (χ4n) is 6.32. The number of fused-ring (bicyclic) bond motifs is 1. The van der Waals surface area contributed by atoms with E-state index in [1.807, 2.05) is 31.2 Å². The van der Waals surface area contributed by atoms with Gasteiger partial charge in [-0.15, -0.1) is 0 Å². The number of hydrogen-bond acceptors (Lipinski definition) is 4. The van der Waals surface area contributed by atoms with Gasteiger partial charge >= 0.3 is 0 Å². The van der Waals surface area contributed by atoms with Gasteiger partial charge in [0.15, 0.2) is 0 Å². The molecule has 1 aromatic heterocycles. The zero-order valence-corrected chi connectivity index (χ0v) is 23.2. The van der Waals surface area contributed by atoms with Crippen LogP contribution in [-0.2, 0) is 6.42 Å². The molecule has 4 aromatic rings. The van der Waals surface area contributed by atoms with Crippen molar-refractivity contribution in [3.8, 4) is 28.2 Å². The number of carbonyl (C=O) groups excluding carboxylic acids is 2. The minimum absolute atomic E-state index is 0.0555. The lowest BCUT2D eigenvalue weighted by atomic mass is 9.50. The quantitative estimate of drug-likeness (QED) is 0.257. The third-order valence-electron chi connectivity index (χ3n) is 8.49. The molecular weight excluding hydrogens is 507 g/mol. The average molecular weight is 541 g/mol. The van der Waals surface area contributed by atoms with Crippen LogP contribution in [0.1, 0.15) is 64.4 Å². The van der Waals surface area contributed by atoms with Crippen LogP contribution in [0, 0.1) is 18.7 Å². The molecule has 1 heterocycles. The van der Waals surface area contributed by atoms with Crippen LogP contribution in [0.5, 0.6) is 5.75 Å². The maximum atomic E-state index is 13.7. The normalized spacial score (nSPS) is 19.1. The largest absolute Gasteiger partial charge is 0.496 e. The van der Waals surface area contributed by atoms with E-state index in [0.717, 1.165) is 60.3 Å². The summed E-state index contributed by atoms with van der Waals surface area (Å²) < 4.78 is 25.6. The number of hydrogen-bond donors (Lipinski definition) is 2. The first-order valence-electron chi connectivity index (χ1n) is 13.8. The molecule has 3 saturated carbocycles. The second-order valence-corrected chi connectivity index (χ2v) is 11.2. The highest BCUT2D eigenvalue weighted by atomic mass is 19.1. The summed E-state index contributed by atoms with van der Waals surface area (Å²) >= 11 is 0. The van der Waals surface area contributed by atoms with Gasteiger partial charge in [-0.1, -0.05) is 13.3 Å². The lowest BCUT2D eigenvalue weighted by molar-refractivity contribution is -0.0439. The van der Waals surface area contributed by atoms with Crippen molar-refractivity contribution in [3.05, 3.63) is 76.6 Å². The molecule has 7 rings (SSSR count). The van der Waals surface area contributed by atoms with Crippen LogP contribution in [0.25, 0.3) is 33.4 Å². The summed E-state index contributed by atoms with van der Waals surface area (Å²) in [5, 5.41) is 6.64. The van der Waals surface area contributed by atoms with Crippen LogP contribution in [0.2, 0.25) is 0 Å². The molecule has 2 N–H and O–H groups in total. The van der Waals surface area contributed by atoms with Gasteiger partial charge in [-0.2, -0.15) is 0 Å². The SMILES string of the molecule is CCCc1cc2oc(-c3ccc(F)cc3)c(C(=O)NC)c2cc1-c1cc(C(=O)NC23CC(C2)C3)c(OC)cc1C. The van der Waals surface area contributed by atoms with Crippen LogP contribution >= 0.6 is 0 Å². The van der Waals surface area contributed by atoms with Crippen LogP contribution in [0.15, 0.2) is 52.9 Å². The van der Waals surface area contributed by atoms with E-state index in [9.17, 15) is 14.0 Å². The van der Waals surface area contributed by atoms with E-state index >= 15 is 0 Å². The Kier molecular flexibility index (Phi) is 6.40. The number of furan rings is 1. The number of aryl methyl sites for hydroxylation is 2. The second-order valence-electron chi connectivity index (χ2n) is 11.2. The standard InChI is InChI=1S/C33H33FN2O4/c1-5-6-21-12-28-25(29(32(38)35-3)30(40-28)20-7-9-22(34)10-8-20)14-24(21)23-13-26(27(39-4)11-18(23)2)31(37)36-33-15-19(16-33)17-33/h7-14,19H,5-6,15-17H2,1-4H3,(H,35,38)(H,36,37). The van der Waals surface area contributed by atoms with E-state index in [1.54, 1.807) is 26.3 Å². The minimum Gasteiger partial charge on any atom is -0.496 e. The Bertz CT molecular complexity index is 1640. The molecule has 40 heavy (non-hydrogen) atoms. The van der Waals surface area contributed by atoms with Crippen molar-refractivity contribution in [1.82, 2.24) is 10.6 Å². The summed E-state index contributed by atoms with van der Waals surface area (Å²) in [4.78, 5) is 26.6. The first-order chi connectivity index (χ1) is 19.3. The molecule has 3 aliphatic rings. The smallest absolute Gasteiger partial charge is 0.255 e. The lowest BCUT2D eigenvalue weighted by Crippen LogP contribution is -2.68. The molecule has 3 aliphatic carbocycles. The van der Waals surface area contributed by atoms with Crippen molar-refractivity contribution in [2.45, 2.75) is 51.5 Å². The number of halogens is 1. The molecule has 0 radical (unpaired) electrons. The Morgan fingerprint density at radius 3 is 2.38 bits per heavy atom. The molecule has 3 fully saturated rings. The molecule has 6 nitrogen and oxygen atoms in total. The number of amides is 2. The maximum absolute atomic E-state index is 13.7. The average Bonchev–Trinajstić information content (AvgIpc) is 3.27. The lowest BCUT2D eigenvalue weighted by Gasteiger charge is -2.61. The molecule has 2 amide bonds. The number of benzene rings is 3. The third-order valence-corrected chi connectivity index (χ3v) is 8.49. The zero-order valence-electron chi connectivity index (χ0n) is 23.2. The van der Waals surface area contributed by atoms with E-state index in [1.165, 1.54) is 12.1 Å². The number of nitrogens with one attached hydrogen (secondary N) is 2. The van der Waals surface area contributed by atoms with Crippen molar-refractivity contribution < 1.29 is 23.1 Å². The van der Waals surface area contributed by atoms with Gasteiger partial charge in [0.25, 0.3) is 11.8 Å². The van der Waals surface area contributed by atoms with Crippen molar-refractivity contribution in [2.75, 3.05) is 14.2 Å². The molecule has 206 valence electrons. The molecule has 0 saturated heterocycles. The van der Waals surface area contributed by atoms with E-state index in [-0.39, 0.29) is 23.2 Å². The summed E-state index contributed by atoms with van der Waals surface area (Å²) in [6, 6.07) is 13.7. The Balaban J connectivity index is 1.53. The first-order valence-corrected chi connectivity index (χ1v) is 13.8. The maximum Gasteiger partial charge on any atom is 0.255 e. The summed E-state index contributed by atoms with van der Waals surface area (Å²) in [6.07, 6.45) is 4.84. The number of ether oxygens (including phenoxy) is 1. The minimum atomic E-state index is -0.363. The third kappa shape index (κ3) is 4.24. The van der Waals surface area contributed by atoms with Gasteiger partial charge in [-0.25, -0.2) is 4.39 Å². The van der Waals surface area contributed by atoms with Crippen molar-refractivity contribution in [1.29, 1.82) is 0 Å². The van der Waals surface area contributed by atoms with Crippen LogP contribution < -0.4 is 15.4 Å². The van der Waals surface area contributed by atoms with E-state index in [4.69, 9.17) is 9.15 Å². The zero-order chi connectivity index (χ0) is 28.2. The predicted molar refractivity (Wildman–Crippen MR) is 153 cm³/mol. The monoisotopic (exact) mass is 540 g/mol. The fraction of sp³-hybridized carbons (Fsp3) is 0.333. The van der Waals surface area contributed by atoms with Crippen LogP contribution in [0.4, 0.5) is 4.39 Å². The van der Waals surface area contributed by atoms with E-state index in [2.05, 4.69) is 17.6 Å². The molecule has 0 aliphatic heterocycles. The molecular formula is C33H33FN2O4. The van der Waals surface area contributed by atoms with E-state index < -0.39 is 0 Å². The van der Waals surface area contributed by atoms with Gasteiger partial charge in [-0.05, 0) is 109 Å². The highest BCUT2D eigenvalue weighted by Crippen LogP contribution is 2.57. The number of carbonyl (C=O) groups is 2. The molecule has 0 atom stereocenters. The summed E-state index contributed by atoms with van der Waals surface area (Å²) in [6.45, 7) is 4.11. The molecule has 2 bridgehead atoms. The van der Waals surface area contributed by atoms with Gasteiger partial charge in [0.05, 0.1) is 18.2 Å². The van der Waals surface area contributed by atoms with Crippen LogP contribution in [-0.4, -0.2) is 31.5 Å². The van der Waals surface area contributed by atoms with Gasteiger partial charge in [0, 0.05) is 23.5 Å². The topological polar surface area (TPSA) is 80.6 Å². The van der Waals surface area contributed by atoms with Gasteiger partial charge in [0.2, 0.25) is 0 Å². The second kappa shape index (κ2) is 9.81. The van der Waals surface area contributed by atoms with Gasteiger partial charge in [-0.3, -0.25) is 9.59 Å². The Hall–Kier alpha value is -4.13. The fourth-order valence-corrected chi connectivity index (χ4v) is 6.32. The first kappa shape index (κ1) is 26.1. The van der Waals surface area contributed by atoms with Gasteiger partial charge in [0.1, 0.15) is 22.9 Å². The molecule has 0 unspecified atom stereocenters. The Morgan fingerprint density at radius 1 is 1.05 bits per heavy atom. The Morgan fingerprint density at radius 2 is 1.77 bits per heavy atom. The van der Waals surface area contributed by atoms with Crippen molar-refractivity contribution in [3.63, 3.8) is 0 Å².